The Morgan fingerprint density at radius 3 is 2.65 bits per heavy atom. The monoisotopic (exact) mass is 449 g/mol. The van der Waals surface area contributed by atoms with Gasteiger partial charge in [-0.15, -0.1) is 11.3 Å². The fourth-order valence-corrected chi connectivity index (χ4v) is 4.76. The van der Waals surface area contributed by atoms with E-state index in [2.05, 4.69) is 16.0 Å². The van der Waals surface area contributed by atoms with Crippen molar-refractivity contribution in [2.24, 2.45) is 5.73 Å². The lowest BCUT2D eigenvalue weighted by molar-refractivity contribution is -0.137. The summed E-state index contributed by atoms with van der Waals surface area (Å²) >= 11 is 1.31. The predicted molar refractivity (Wildman–Crippen MR) is 113 cm³/mol. The molecule has 1 aromatic rings. The number of nitrogens with zero attached hydrogens (tertiary/aromatic N) is 1. The third-order valence-electron chi connectivity index (χ3n) is 5.30. The molecule has 1 aromatic heterocycles. The zero-order valence-electron chi connectivity index (χ0n) is 17.2. The minimum Gasteiger partial charge on any atom is -0.370 e. The predicted octanol–water partition coefficient (Wildman–Crippen LogP) is 0.744. The number of unbranched alkanes of at least 4 members (excludes halogenated alkanes) is 3. The van der Waals surface area contributed by atoms with Crippen LogP contribution in [0, 0.1) is 0 Å². The maximum absolute atomic E-state index is 12.7. The van der Waals surface area contributed by atoms with Crippen molar-refractivity contribution in [1.29, 1.82) is 0 Å². The summed E-state index contributed by atoms with van der Waals surface area (Å²) in [5.74, 6) is -1.23. The molecule has 10 nitrogen and oxygen atoms in total. The van der Waals surface area contributed by atoms with Crippen LogP contribution in [0.15, 0.2) is 6.07 Å². The molecule has 5 N–H and O–H groups in total. The molecule has 168 valence electrons. The van der Waals surface area contributed by atoms with Crippen molar-refractivity contribution in [2.45, 2.75) is 64.1 Å². The quantitative estimate of drug-likeness (QED) is 0.307. The van der Waals surface area contributed by atoms with Crippen molar-refractivity contribution in [3.05, 3.63) is 21.4 Å². The largest absolute Gasteiger partial charge is 0.370 e. The van der Waals surface area contributed by atoms with E-state index in [0.29, 0.717) is 37.4 Å². The van der Waals surface area contributed by atoms with E-state index < -0.39 is 11.9 Å². The lowest BCUT2D eigenvalue weighted by Gasteiger charge is -2.29. The Hall–Kier alpha value is -2.95. The Balaban J connectivity index is 1.38. The molecule has 2 aliphatic rings. The molecule has 1 saturated heterocycles. The van der Waals surface area contributed by atoms with E-state index in [0.717, 1.165) is 36.1 Å². The van der Waals surface area contributed by atoms with Crippen LogP contribution in [0.3, 0.4) is 0 Å². The van der Waals surface area contributed by atoms with E-state index in [9.17, 15) is 24.0 Å². The highest BCUT2D eigenvalue weighted by atomic mass is 32.1. The summed E-state index contributed by atoms with van der Waals surface area (Å²) < 4.78 is 0. The highest BCUT2D eigenvalue weighted by Crippen LogP contribution is 2.33. The Kier molecular flexibility index (Phi) is 7.61. The SMILES string of the molecule is NC(=O)CCCCCCNC(=O)NCc1cc2c(s1)C(=O)N(C1CCC(=O)NC1=O)C2. The van der Waals surface area contributed by atoms with Gasteiger partial charge in [-0.3, -0.25) is 24.5 Å². The molecule has 0 aliphatic carbocycles. The number of rotatable bonds is 10. The van der Waals surface area contributed by atoms with Crippen LogP contribution >= 0.6 is 11.3 Å². The molecule has 0 radical (unpaired) electrons. The molecule has 3 heterocycles. The average Bonchev–Trinajstić information content (AvgIpc) is 3.24. The van der Waals surface area contributed by atoms with Gasteiger partial charge < -0.3 is 21.3 Å². The standard InChI is InChI=1S/C20H27N5O5S/c21-15(26)5-3-1-2-4-8-22-20(30)23-10-13-9-12-11-25(19(29)17(12)31-13)14-6-7-16(27)24-18(14)28/h9,14H,1-8,10-11H2,(H2,21,26)(H2,22,23,30)(H,24,27,28). The number of amides is 6. The topological polar surface area (TPSA) is 151 Å². The Morgan fingerprint density at radius 2 is 1.94 bits per heavy atom. The summed E-state index contributed by atoms with van der Waals surface area (Å²) in [6, 6.07) is 0.984. The second kappa shape index (κ2) is 10.4. The van der Waals surface area contributed by atoms with Crippen LogP contribution in [0.2, 0.25) is 0 Å². The van der Waals surface area contributed by atoms with Gasteiger partial charge in [0.15, 0.2) is 0 Å². The van der Waals surface area contributed by atoms with E-state index in [1.165, 1.54) is 16.2 Å². The number of carbonyl (C=O) groups excluding carboxylic acids is 5. The number of nitrogens with two attached hydrogens (primary N) is 1. The number of imide groups is 1. The van der Waals surface area contributed by atoms with Gasteiger partial charge in [-0.25, -0.2) is 4.79 Å². The van der Waals surface area contributed by atoms with E-state index >= 15 is 0 Å². The highest BCUT2D eigenvalue weighted by Gasteiger charge is 2.40. The number of urea groups is 1. The average molecular weight is 450 g/mol. The number of carbonyl (C=O) groups is 5. The van der Waals surface area contributed by atoms with E-state index in [4.69, 9.17) is 5.73 Å². The van der Waals surface area contributed by atoms with E-state index in [1.807, 2.05) is 6.07 Å². The number of fused-ring (bicyclic) bond motifs is 1. The molecule has 1 atom stereocenters. The first-order valence-corrected chi connectivity index (χ1v) is 11.2. The number of primary amides is 1. The zero-order chi connectivity index (χ0) is 22.4. The molecule has 0 saturated carbocycles. The van der Waals surface area contributed by atoms with Crippen molar-refractivity contribution in [1.82, 2.24) is 20.9 Å². The third kappa shape index (κ3) is 6.03. The van der Waals surface area contributed by atoms with Crippen LogP contribution in [-0.4, -0.2) is 47.1 Å². The molecule has 6 amide bonds. The van der Waals surface area contributed by atoms with Crippen LogP contribution in [0.4, 0.5) is 4.79 Å². The molecule has 11 heteroatoms. The van der Waals surface area contributed by atoms with Crippen molar-refractivity contribution in [3.8, 4) is 0 Å². The summed E-state index contributed by atoms with van der Waals surface area (Å²) in [7, 11) is 0. The summed E-state index contributed by atoms with van der Waals surface area (Å²) in [5, 5.41) is 7.85. The van der Waals surface area contributed by atoms with Gasteiger partial charge >= 0.3 is 6.03 Å². The molecule has 3 rings (SSSR count). The van der Waals surface area contributed by atoms with Gasteiger partial charge in [0.1, 0.15) is 6.04 Å². The molecule has 1 unspecified atom stereocenters. The summed E-state index contributed by atoms with van der Waals surface area (Å²) in [4.78, 5) is 61.6. The van der Waals surface area contributed by atoms with Gasteiger partial charge in [-0.05, 0) is 30.9 Å². The molecular formula is C20H27N5O5S. The zero-order valence-corrected chi connectivity index (χ0v) is 18.0. The summed E-state index contributed by atoms with van der Waals surface area (Å²) in [6.07, 6.45) is 4.37. The Labute approximate surface area is 183 Å². The first-order valence-electron chi connectivity index (χ1n) is 10.4. The van der Waals surface area contributed by atoms with Gasteiger partial charge in [-0.2, -0.15) is 0 Å². The number of nitrogens with one attached hydrogen (secondary N) is 3. The summed E-state index contributed by atoms with van der Waals surface area (Å²) in [5.41, 5.74) is 5.93. The van der Waals surface area contributed by atoms with Crippen LogP contribution in [0.25, 0.3) is 0 Å². The fraction of sp³-hybridized carbons (Fsp3) is 0.550. The number of piperidine rings is 1. The second-order valence-electron chi connectivity index (χ2n) is 7.71. The molecule has 2 aliphatic heterocycles. The normalized spacial score (nSPS) is 18.0. The molecule has 0 spiro atoms. The lowest BCUT2D eigenvalue weighted by atomic mass is 10.0. The van der Waals surface area contributed by atoms with Crippen LogP contribution in [-0.2, 0) is 27.5 Å². The number of thiophene rings is 1. The molecule has 0 bridgehead atoms. The minimum atomic E-state index is -0.618. The van der Waals surface area contributed by atoms with E-state index in [1.54, 1.807) is 0 Å². The molecule has 1 fully saturated rings. The smallest absolute Gasteiger partial charge is 0.315 e. The van der Waals surface area contributed by atoms with Gasteiger partial charge in [0.2, 0.25) is 17.7 Å². The Morgan fingerprint density at radius 1 is 1.16 bits per heavy atom. The maximum Gasteiger partial charge on any atom is 0.315 e. The highest BCUT2D eigenvalue weighted by molar-refractivity contribution is 7.14. The van der Waals surface area contributed by atoms with Crippen LogP contribution in [0.5, 0.6) is 0 Å². The van der Waals surface area contributed by atoms with E-state index in [-0.39, 0.29) is 30.2 Å². The van der Waals surface area contributed by atoms with Gasteiger partial charge in [0, 0.05) is 30.8 Å². The van der Waals surface area contributed by atoms with Crippen LogP contribution < -0.4 is 21.7 Å². The third-order valence-corrected chi connectivity index (χ3v) is 6.47. The fourth-order valence-electron chi connectivity index (χ4n) is 3.70. The summed E-state index contributed by atoms with van der Waals surface area (Å²) in [6.45, 7) is 1.19. The number of hydrogen-bond acceptors (Lipinski definition) is 6. The minimum absolute atomic E-state index is 0.207. The van der Waals surface area contributed by atoms with Crippen molar-refractivity contribution >= 4 is 41.0 Å². The first-order chi connectivity index (χ1) is 14.8. The van der Waals surface area contributed by atoms with Crippen molar-refractivity contribution < 1.29 is 24.0 Å². The van der Waals surface area contributed by atoms with Crippen molar-refractivity contribution in [2.75, 3.05) is 6.54 Å². The first kappa shape index (κ1) is 22.7. The molecule has 31 heavy (non-hydrogen) atoms. The van der Waals surface area contributed by atoms with Crippen LogP contribution in [0.1, 0.15) is 65.1 Å². The Bertz CT molecular complexity index is 883. The maximum atomic E-state index is 12.7. The van der Waals surface area contributed by atoms with Gasteiger partial charge in [-0.1, -0.05) is 12.8 Å². The van der Waals surface area contributed by atoms with Gasteiger partial charge in [0.25, 0.3) is 5.91 Å². The van der Waals surface area contributed by atoms with Crippen molar-refractivity contribution in [3.63, 3.8) is 0 Å². The van der Waals surface area contributed by atoms with Gasteiger partial charge in [0.05, 0.1) is 11.4 Å². The lowest BCUT2D eigenvalue weighted by Crippen LogP contribution is -2.52. The second-order valence-corrected chi connectivity index (χ2v) is 8.84. The molecule has 0 aromatic carbocycles. The number of hydrogen-bond donors (Lipinski definition) is 4. The molecular weight excluding hydrogens is 422 g/mol.